The van der Waals surface area contributed by atoms with E-state index in [1.54, 1.807) is 6.26 Å². The van der Waals surface area contributed by atoms with Crippen molar-refractivity contribution in [3.05, 3.63) is 24.2 Å². The summed E-state index contributed by atoms with van der Waals surface area (Å²) in [5, 5.41) is 0. The summed E-state index contributed by atoms with van der Waals surface area (Å²) in [5.74, 6) is 3.38. The van der Waals surface area contributed by atoms with Gasteiger partial charge >= 0.3 is 0 Å². The summed E-state index contributed by atoms with van der Waals surface area (Å²) in [7, 11) is 0. The zero-order chi connectivity index (χ0) is 17.1. The van der Waals surface area contributed by atoms with Gasteiger partial charge in [-0.25, -0.2) is 0 Å². The molecule has 136 valence electrons. The third kappa shape index (κ3) is 4.43. The van der Waals surface area contributed by atoms with E-state index in [0.29, 0.717) is 30.0 Å². The maximum absolute atomic E-state index is 6.11. The molecule has 3 heteroatoms. The summed E-state index contributed by atoms with van der Waals surface area (Å²) in [6, 6.07) is 2.07. The molecule has 2 aliphatic rings. The molecule has 0 spiro atoms. The lowest BCUT2D eigenvalue weighted by Gasteiger charge is -2.21. The van der Waals surface area contributed by atoms with Gasteiger partial charge in [-0.3, -0.25) is 0 Å². The summed E-state index contributed by atoms with van der Waals surface area (Å²) in [6.45, 7) is 11.2. The monoisotopic (exact) mass is 334 g/mol. The predicted octanol–water partition coefficient (Wildman–Crippen LogP) is 5.27. The molecule has 24 heavy (non-hydrogen) atoms. The van der Waals surface area contributed by atoms with Crippen LogP contribution in [0, 0.1) is 23.7 Å². The van der Waals surface area contributed by atoms with E-state index in [9.17, 15) is 0 Å². The molecule has 1 aromatic rings. The van der Waals surface area contributed by atoms with Crippen molar-refractivity contribution in [2.45, 2.75) is 71.5 Å². The van der Waals surface area contributed by atoms with Gasteiger partial charge in [-0.05, 0) is 66.9 Å². The molecule has 0 aromatic carbocycles. The van der Waals surface area contributed by atoms with Gasteiger partial charge < -0.3 is 13.9 Å². The van der Waals surface area contributed by atoms with Crippen molar-refractivity contribution in [2.75, 3.05) is 13.2 Å². The fourth-order valence-corrected chi connectivity index (χ4v) is 4.35. The van der Waals surface area contributed by atoms with E-state index in [1.807, 2.05) is 6.26 Å². The second kappa shape index (κ2) is 8.05. The van der Waals surface area contributed by atoms with Crippen LogP contribution in [0.25, 0.3) is 0 Å². The van der Waals surface area contributed by atoms with Crippen LogP contribution >= 0.6 is 0 Å². The van der Waals surface area contributed by atoms with Gasteiger partial charge in [0.2, 0.25) is 0 Å². The molecular formula is C21H34O3. The summed E-state index contributed by atoms with van der Waals surface area (Å²) in [4.78, 5) is 0. The summed E-state index contributed by atoms with van der Waals surface area (Å²) in [5.41, 5.74) is 1.29. The van der Waals surface area contributed by atoms with Gasteiger partial charge in [-0.2, -0.15) is 0 Å². The highest BCUT2D eigenvalue weighted by Gasteiger charge is 2.34. The lowest BCUT2D eigenvalue weighted by atomic mass is 9.84. The van der Waals surface area contributed by atoms with Crippen LogP contribution in [0.2, 0.25) is 0 Å². The Kier molecular flexibility index (Phi) is 6.04. The van der Waals surface area contributed by atoms with Crippen molar-refractivity contribution in [3.8, 4) is 0 Å². The second-order valence-electron chi connectivity index (χ2n) is 8.55. The van der Waals surface area contributed by atoms with Crippen LogP contribution in [-0.4, -0.2) is 25.4 Å². The number of ether oxygens (including phenoxy) is 2. The molecule has 6 atom stereocenters. The Hall–Kier alpha value is -0.800. The summed E-state index contributed by atoms with van der Waals surface area (Å²) in [6.07, 6.45) is 9.23. The van der Waals surface area contributed by atoms with Crippen LogP contribution in [0.1, 0.15) is 64.9 Å². The molecule has 0 amide bonds. The first-order valence-corrected chi connectivity index (χ1v) is 9.78. The van der Waals surface area contributed by atoms with Crippen LogP contribution in [0.3, 0.4) is 0 Å². The van der Waals surface area contributed by atoms with E-state index in [4.69, 9.17) is 13.9 Å². The second-order valence-corrected chi connectivity index (χ2v) is 8.55. The highest BCUT2D eigenvalue weighted by Crippen LogP contribution is 2.36. The quantitative estimate of drug-likeness (QED) is 0.681. The first kappa shape index (κ1) is 18.0. The molecule has 0 saturated carbocycles. The average molecular weight is 335 g/mol. The first-order chi connectivity index (χ1) is 11.5. The van der Waals surface area contributed by atoms with E-state index in [2.05, 4.69) is 33.8 Å². The molecule has 0 aliphatic carbocycles. The van der Waals surface area contributed by atoms with Crippen LogP contribution < -0.4 is 0 Å². The molecule has 0 N–H and O–H groups in total. The molecule has 2 aliphatic heterocycles. The standard InChI is InChI=1S/C21H34O3/c1-14(2)18-9-20(23-12-18)8-16(4)19-10-21(24-13-19)7-15(3)17-5-6-22-11-17/h5-6,11,14-16,18-21H,7-10,12-13H2,1-4H3/t15?,16?,18?,19-,20?,21?/m0/s1. The minimum absolute atomic E-state index is 0.398. The molecule has 3 nitrogen and oxygen atoms in total. The van der Waals surface area contributed by atoms with E-state index in [0.717, 1.165) is 31.5 Å². The third-order valence-electron chi connectivity index (χ3n) is 6.33. The number of hydrogen-bond donors (Lipinski definition) is 0. The van der Waals surface area contributed by atoms with Gasteiger partial charge in [0.15, 0.2) is 0 Å². The van der Waals surface area contributed by atoms with Gasteiger partial charge in [-0.1, -0.05) is 27.7 Å². The Morgan fingerprint density at radius 3 is 2.25 bits per heavy atom. The van der Waals surface area contributed by atoms with E-state index in [1.165, 1.54) is 24.8 Å². The zero-order valence-corrected chi connectivity index (χ0v) is 15.7. The molecule has 2 fully saturated rings. The topological polar surface area (TPSA) is 31.6 Å². The highest BCUT2D eigenvalue weighted by molar-refractivity contribution is 5.11. The Bertz CT molecular complexity index is 481. The van der Waals surface area contributed by atoms with E-state index < -0.39 is 0 Å². The average Bonchev–Trinajstić information content (AvgIpc) is 3.28. The normalized spacial score (nSPS) is 33.2. The third-order valence-corrected chi connectivity index (χ3v) is 6.33. The predicted molar refractivity (Wildman–Crippen MR) is 96.1 cm³/mol. The summed E-state index contributed by atoms with van der Waals surface area (Å²) >= 11 is 0. The Morgan fingerprint density at radius 2 is 1.62 bits per heavy atom. The molecule has 5 unspecified atom stereocenters. The Balaban J connectivity index is 1.42. The van der Waals surface area contributed by atoms with Crippen molar-refractivity contribution in [3.63, 3.8) is 0 Å². The molecule has 3 rings (SSSR count). The smallest absolute Gasteiger partial charge is 0.0937 e. The van der Waals surface area contributed by atoms with Crippen molar-refractivity contribution >= 4 is 0 Å². The fraction of sp³-hybridized carbons (Fsp3) is 0.810. The van der Waals surface area contributed by atoms with Gasteiger partial charge in [0.1, 0.15) is 0 Å². The van der Waals surface area contributed by atoms with Gasteiger partial charge in [0, 0.05) is 0 Å². The number of hydrogen-bond acceptors (Lipinski definition) is 3. The van der Waals surface area contributed by atoms with Crippen LogP contribution in [-0.2, 0) is 9.47 Å². The Morgan fingerprint density at radius 1 is 0.958 bits per heavy atom. The highest BCUT2D eigenvalue weighted by atomic mass is 16.5. The number of rotatable bonds is 7. The zero-order valence-electron chi connectivity index (χ0n) is 15.7. The van der Waals surface area contributed by atoms with Crippen molar-refractivity contribution in [2.24, 2.45) is 23.7 Å². The van der Waals surface area contributed by atoms with E-state index >= 15 is 0 Å². The van der Waals surface area contributed by atoms with E-state index in [-0.39, 0.29) is 0 Å². The SMILES string of the molecule is CC(CC1C[C@H](C(C)CC2CC(C(C)C)CO2)CO1)c1ccoc1. The molecule has 0 bridgehead atoms. The minimum atomic E-state index is 0.398. The maximum atomic E-state index is 6.11. The molecule has 2 saturated heterocycles. The Labute approximate surface area is 147 Å². The molecular weight excluding hydrogens is 300 g/mol. The molecule has 1 aromatic heterocycles. The van der Waals surface area contributed by atoms with Crippen molar-refractivity contribution in [1.29, 1.82) is 0 Å². The van der Waals surface area contributed by atoms with Gasteiger partial charge in [0.05, 0.1) is 37.9 Å². The van der Waals surface area contributed by atoms with Crippen LogP contribution in [0.15, 0.2) is 23.0 Å². The maximum Gasteiger partial charge on any atom is 0.0937 e. The molecule has 3 heterocycles. The minimum Gasteiger partial charge on any atom is -0.472 e. The lowest BCUT2D eigenvalue weighted by molar-refractivity contribution is 0.0708. The fourth-order valence-electron chi connectivity index (χ4n) is 4.35. The first-order valence-electron chi connectivity index (χ1n) is 9.78. The van der Waals surface area contributed by atoms with Crippen LogP contribution in [0.4, 0.5) is 0 Å². The van der Waals surface area contributed by atoms with Gasteiger partial charge in [-0.15, -0.1) is 0 Å². The van der Waals surface area contributed by atoms with Crippen LogP contribution in [0.5, 0.6) is 0 Å². The van der Waals surface area contributed by atoms with Crippen molar-refractivity contribution in [1.82, 2.24) is 0 Å². The largest absolute Gasteiger partial charge is 0.472 e. The number of furan rings is 1. The lowest BCUT2D eigenvalue weighted by Crippen LogP contribution is -2.19. The van der Waals surface area contributed by atoms with Crippen molar-refractivity contribution < 1.29 is 13.9 Å². The summed E-state index contributed by atoms with van der Waals surface area (Å²) < 4.78 is 17.4. The van der Waals surface area contributed by atoms with Gasteiger partial charge in [0.25, 0.3) is 0 Å². The molecule has 0 radical (unpaired) electrons.